The van der Waals surface area contributed by atoms with Crippen molar-refractivity contribution in [2.24, 2.45) is 0 Å². The predicted octanol–water partition coefficient (Wildman–Crippen LogP) is 2.13. The highest BCUT2D eigenvalue weighted by Crippen LogP contribution is 2.22. The van der Waals surface area contributed by atoms with Crippen molar-refractivity contribution in [3.8, 4) is 6.07 Å². The number of rotatable bonds is 4. The van der Waals surface area contributed by atoms with Crippen molar-refractivity contribution >= 4 is 27.3 Å². The summed E-state index contributed by atoms with van der Waals surface area (Å²) in [6.45, 7) is 0.598. The van der Waals surface area contributed by atoms with Gasteiger partial charge in [0.05, 0.1) is 23.1 Å². The van der Waals surface area contributed by atoms with Crippen LogP contribution in [0, 0.1) is 11.3 Å². The number of hydrogen-bond acceptors (Lipinski definition) is 4. The monoisotopic (exact) mass is 300 g/mol. The molecular formula is C12H13ClN2O3S. The Balaban J connectivity index is 2.15. The third-order valence-electron chi connectivity index (χ3n) is 2.80. The zero-order valence-electron chi connectivity index (χ0n) is 10.1. The van der Waals surface area contributed by atoms with Crippen LogP contribution in [-0.2, 0) is 14.8 Å². The summed E-state index contributed by atoms with van der Waals surface area (Å²) >= 11 is 5.80. The first-order valence-corrected chi connectivity index (χ1v) is 7.85. The van der Waals surface area contributed by atoms with Gasteiger partial charge in [-0.1, -0.05) is 11.6 Å². The molecule has 0 amide bonds. The van der Waals surface area contributed by atoms with E-state index in [1.165, 1.54) is 18.2 Å². The summed E-state index contributed by atoms with van der Waals surface area (Å²) in [4.78, 5) is 0. The summed E-state index contributed by atoms with van der Waals surface area (Å²) in [7, 11) is -3.55. The second-order valence-electron chi connectivity index (χ2n) is 4.32. The molecular weight excluding hydrogens is 288 g/mol. The van der Waals surface area contributed by atoms with Crippen molar-refractivity contribution in [2.45, 2.75) is 18.9 Å². The average molecular weight is 301 g/mol. The van der Waals surface area contributed by atoms with Gasteiger partial charge in [-0.05, 0) is 31.0 Å². The lowest BCUT2D eigenvalue weighted by molar-refractivity contribution is 0.127. The van der Waals surface area contributed by atoms with Crippen molar-refractivity contribution in [1.82, 2.24) is 0 Å². The Labute approximate surface area is 117 Å². The van der Waals surface area contributed by atoms with E-state index in [2.05, 4.69) is 4.72 Å². The fourth-order valence-corrected chi connectivity index (χ4v) is 3.44. The van der Waals surface area contributed by atoms with Crippen LogP contribution in [0.2, 0.25) is 5.02 Å². The molecule has 1 aliphatic heterocycles. The highest BCUT2D eigenvalue weighted by Gasteiger charge is 2.23. The molecule has 102 valence electrons. The molecule has 1 saturated heterocycles. The summed E-state index contributed by atoms with van der Waals surface area (Å²) in [6, 6.07) is 6.36. The van der Waals surface area contributed by atoms with Gasteiger partial charge in [-0.3, -0.25) is 4.72 Å². The lowest BCUT2D eigenvalue weighted by Gasteiger charge is -2.13. The molecule has 2 rings (SSSR count). The zero-order valence-corrected chi connectivity index (χ0v) is 11.7. The molecule has 0 saturated carbocycles. The minimum atomic E-state index is -3.55. The standard InChI is InChI=1S/C12H13ClN2O3S/c13-10-4-3-9(7-14)12(6-10)15-19(16,17)8-11-2-1-5-18-11/h3-4,6,11,15H,1-2,5,8H2. The number of nitrogens with zero attached hydrogens (tertiary/aromatic N) is 1. The number of benzene rings is 1. The lowest BCUT2D eigenvalue weighted by atomic mass is 10.2. The van der Waals surface area contributed by atoms with Gasteiger partial charge in [-0.25, -0.2) is 8.42 Å². The molecule has 1 aromatic carbocycles. The third-order valence-corrected chi connectivity index (χ3v) is 4.37. The summed E-state index contributed by atoms with van der Waals surface area (Å²) in [5.41, 5.74) is 0.438. The van der Waals surface area contributed by atoms with E-state index >= 15 is 0 Å². The minimum absolute atomic E-state index is 0.107. The van der Waals surface area contributed by atoms with Gasteiger partial charge in [0.1, 0.15) is 6.07 Å². The van der Waals surface area contributed by atoms with E-state index in [0.29, 0.717) is 11.6 Å². The first kappa shape index (κ1) is 14.1. The molecule has 19 heavy (non-hydrogen) atoms. The number of hydrogen-bond donors (Lipinski definition) is 1. The molecule has 1 aliphatic rings. The van der Waals surface area contributed by atoms with Crippen LogP contribution in [0.3, 0.4) is 0 Å². The molecule has 7 heteroatoms. The Bertz CT molecular complexity index is 604. The Morgan fingerprint density at radius 2 is 2.32 bits per heavy atom. The maximum absolute atomic E-state index is 12.0. The van der Waals surface area contributed by atoms with Crippen molar-refractivity contribution in [3.05, 3.63) is 28.8 Å². The second kappa shape index (κ2) is 5.78. The fourth-order valence-electron chi connectivity index (χ4n) is 1.93. The van der Waals surface area contributed by atoms with E-state index in [9.17, 15) is 8.42 Å². The molecule has 1 fully saturated rings. The van der Waals surface area contributed by atoms with Crippen LogP contribution in [0.25, 0.3) is 0 Å². The van der Waals surface area contributed by atoms with Crippen LogP contribution in [0.1, 0.15) is 18.4 Å². The molecule has 0 aliphatic carbocycles. The van der Waals surface area contributed by atoms with Crippen LogP contribution >= 0.6 is 11.6 Å². The highest BCUT2D eigenvalue weighted by molar-refractivity contribution is 7.92. The van der Waals surface area contributed by atoms with E-state index in [4.69, 9.17) is 21.6 Å². The summed E-state index contributed by atoms with van der Waals surface area (Å²) in [6.07, 6.45) is 1.34. The van der Waals surface area contributed by atoms with E-state index in [1.807, 2.05) is 6.07 Å². The zero-order chi connectivity index (χ0) is 13.9. The largest absolute Gasteiger partial charge is 0.377 e. The van der Waals surface area contributed by atoms with Crippen molar-refractivity contribution in [1.29, 1.82) is 5.26 Å². The highest BCUT2D eigenvalue weighted by atomic mass is 35.5. The fraction of sp³-hybridized carbons (Fsp3) is 0.417. The molecule has 1 unspecified atom stereocenters. The maximum Gasteiger partial charge on any atom is 0.235 e. The van der Waals surface area contributed by atoms with Crippen LogP contribution in [0.4, 0.5) is 5.69 Å². The molecule has 1 atom stereocenters. The van der Waals surface area contributed by atoms with Gasteiger partial charge in [-0.2, -0.15) is 5.26 Å². The van der Waals surface area contributed by atoms with Crippen molar-refractivity contribution in [3.63, 3.8) is 0 Å². The molecule has 5 nitrogen and oxygen atoms in total. The molecule has 0 bridgehead atoms. The normalized spacial score (nSPS) is 19.1. The quantitative estimate of drug-likeness (QED) is 0.924. The third kappa shape index (κ3) is 3.83. The Hall–Kier alpha value is -1.29. The Kier molecular flexibility index (Phi) is 4.30. The van der Waals surface area contributed by atoms with E-state index in [1.54, 1.807) is 0 Å². The molecule has 1 aromatic rings. The lowest BCUT2D eigenvalue weighted by Crippen LogP contribution is -2.26. The Morgan fingerprint density at radius 1 is 1.53 bits per heavy atom. The van der Waals surface area contributed by atoms with Crippen LogP contribution < -0.4 is 4.72 Å². The first-order valence-electron chi connectivity index (χ1n) is 5.82. The minimum Gasteiger partial charge on any atom is -0.377 e. The van der Waals surface area contributed by atoms with Crippen LogP contribution in [-0.4, -0.2) is 26.9 Å². The van der Waals surface area contributed by atoms with Gasteiger partial charge in [0.25, 0.3) is 0 Å². The molecule has 0 radical (unpaired) electrons. The van der Waals surface area contributed by atoms with Crippen LogP contribution in [0.15, 0.2) is 18.2 Å². The van der Waals surface area contributed by atoms with Gasteiger partial charge in [0, 0.05) is 11.6 Å². The van der Waals surface area contributed by atoms with Gasteiger partial charge in [0.15, 0.2) is 0 Å². The summed E-state index contributed by atoms with van der Waals surface area (Å²) < 4.78 is 31.7. The smallest absolute Gasteiger partial charge is 0.235 e. The molecule has 1 heterocycles. The number of halogens is 1. The maximum atomic E-state index is 12.0. The SMILES string of the molecule is N#Cc1ccc(Cl)cc1NS(=O)(=O)CC1CCCO1. The van der Waals surface area contributed by atoms with E-state index < -0.39 is 10.0 Å². The number of sulfonamides is 1. The molecule has 0 aromatic heterocycles. The summed E-state index contributed by atoms with van der Waals surface area (Å²) in [5, 5.41) is 9.31. The molecule has 0 spiro atoms. The number of ether oxygens (including phenoxy) is 1. The van der Waals surface area contributed by atoms with Gasteiger partial charge >= 0.3 is 0 Å². The van der Waals surface area contributed by atoms with Gasteiger partial charge < -0.3 is 4.74 Å². The van der Waals surface area contributed by atoms with Gasteiger partial charge in [0.2, 0.25) is 10.0 Å². The molecule has 1 N–H and O–H groups in total. The number of nitriles is 1. The van der Waals surface area contributed by atoms with Crippen LogP contribution in [0.5, 0.6) is 0 Å². The number of nitrogens with one attached hydrogen (secondary N) is 1. The van der Waals surface area contributed by atoms with Crippen molar-refractivity contribution < 1.29 is 13.2 Å². The van der Waals surface area contributed by atoms with Crippen molar-refractivity contribution in [2.75, 3.05) is 17.1 Å². The van der Waals surface area contributed by atoms with Gasteiger partial charge in [-0.15, -0.1) is 0 Å². The average Bonchev–Trinajstić information content (AvgIpc) is 2.80. The van der Waals surface area contributed by atoms with E-state index in [-0.39, 0.29) is 23.1 Å². The Morgan fingerprint density at radius 3 is 2.95 bits per heavy atom. The number of anilines is 1. The predicted molar refractivity (Wildman–Crippen MR) is 72.6 cm³/mol. The van der Waals surface area contributed by atoms with E-state index in [0.717, 1.165) is 12.8 Å². The summed E-state index contributed by atoms with van der Waals surface area (Å²) in [5.74, 6) is -0.107. The first-order chi connectivity index (χ1) is 9.00. The topological polar surface area (TPSA) is 79.2 Å². The second-order valence-corrected chi connectivity index (χ2v) is 6.52.